The van der Waals surface area contributed by atoms with Crippen LogP contribution in [0.1, 0.15) is 25.3 Å². The molecule has 2 rings (SSSR count). The van der Waals surface area contributed by atoms with E-state index < -0.39 is 0 Å². The van der Waals surface area contributed by atoms with Crippen molar-refractivity contribution >= 4 is 5.91 Å². The molecular weight excluding hydrogens is 252 g/mol. The van der Waals surface area contributed by atoms with E-state index in [0.717, 1.165) is 43.7 Å². The first-order valence-corrected chi connectivity index (χ1v) is 7.50. The number of nitrogens with one attached hydrogen (secondary N) is 2. The van der Waals surface area contributed by atoms with Gasteiger partial charge in [-0.05, 0) is 44.4 Å². The Labute approximate surface area is 120 Å². The Morgan fingerprint density at radius 1 is 1.45 bits per heavy atom. The maximum Gasteiger partial charge on any atom is 0.224 e. The van der Waals surface area contributed by atoms with Crippen molar-refractivity contribution in [1.29, 1.82) is 0 Å². The van der Waals surface area contributed by atoms with Gasteiger partial charge in [-0.2, -0.15) is 0 Å². The second-order valence-corrected chi connectivity index (χ2v) is 5.13. The van der Waals surface area contributed by atoms with E-state index in [1.165, 1.54) is 0 Å². The Morgan fingerprint density at radius 3 is 3.05 bits per heavy atom. The van der Waals surface area contributed by atoms with Crippen molar-refractivity contribution in [2.24, 2.45) is 5.92 Å². The number of carbonyl (C=O) groups excluding carboxylic acids is 1. The van der Waals surface area contributed by atoms with Crippen molar-refractivity contribution in [3.63, 3.8) is 0 Å². The van der Waals surface area contributed by atoms with E-state index in [1.54, 1.807) is 0 Å². The average molecular weight is 276 g/mol. The van der Waals surface area contributed by atoms with Gasteiger partial charge in [0.15, 0.2) is 0 Å². The predicted molar refractivity (Wildman–Crippen MR) is 79.9 cm³/mol. The maximum atomic E-state index is 12.0. The lowest BCUT2D eigenvalue weighted by molar-refractivity contribution is -0.125. The number of amides is 1. The molecule has 110 valence electrons. The lowest BCUT2D eigenvalue weighted by Gasteiger charge is -2.22. The molecule has 1 atom stereocenters. The Hall–Kier alpha value is -1.55. The fourth-order valence-corrected chi connectivity index (χ4v) is 2.55. The third kappa shape index (κ3) is 4.23. The number of rotatable bonds is 6. The highest BCUT2D eigenvalue weighted by molar-refractivity contribution is 5.78. The molecule has 0 saturated carbocycles. The summed E-state index contributed by atoms with van der Waals surface area (Å²) in [6.07, 6.45) is 2.89. The molecule has 20 heavy (non-hydrogen) atoms. The number of carbonyl (C=O) groups is 1. The van der Waals surface area contributed by atoms with Crippen LogP contribution >= 0.6 is 0 Å². The molecule has 1 aliphatic heterocycles. The minimum Gasteiger partial charge on any atom is -0.494 e. The van der Waals surface area contributed by atoms with Crippen molar-refractivity contribution in [3.8, 4) is 5.75 Å². The molecule has 1 unspecified atom stereocenters. The molecule has 1 amide bonds. The molecule has 1 aromatic carbocycles. The molecule has 0 radical (unpaired) electrons. The van der Waals surface area contributed by atoms with Crippen LogP contribution in [0.5, 0.6) is 5.75 Å². The number of hydrogen-bond acceptors (Lipinski definition) is 3. The van der Waals surface area contributed by atoms with Crippen LogP contribution in [0.4, 0.5) is 0 Å². The topological polar surface area (TPSA) is 50.4 Å². The molecule has 0 spiro atoms. The first-order valence-electron chi connectivity index (χ1n) is 7.50. The van der Waals surface area contributed by atoms with Gasteiger partial charge in [-0.15, -0.1) is 0 Å². The summed E-state index contributed by atoms with van der Waals surface area (Å²) in [7, 11) is 0. The molecule has 1 aromatic rings. The Kier molecular flexibility index (Phi) is 5.87. The van der Waals surface area contributed by atoms with Gasteiger partial charge in [0, 0.05) is 13.1 Å². The summed E-state index contributed by atoms with van der Waals surface area (Å²) in [5, 5.41) is 6.30. The van der Waals surface area contributed by atoms with E-state index in [0.29, 0.717) is 13.2 Å². The van der Waals surface area contributed by atoms with Crippen LogP contribution in [-0.2, 0) is 11.2 Å². The Morgan fingerprint density at radius 2 is 2.30 bits per heavy atom. The molecule has 1 saturated heterocycles. The minimum atomic E-state index is 0.130. The van der Waals surface area contributed by atoms with Crippen LogP contribution < -0.4 is 15.4 Å². The predicted octanol–water partition coefficient (Wildman–Crippen LogP) is 1.74. The summed E-state index contributed by atoms with van der Waals surface area (Å²) >= 11 is 0. The van der Waals surface area contributed by atoms with Crippen LogP contribution in [0.3, 0.4) is 0 Å². The largest absolute Gasteiger partial charge is 0.494 e. The van der Waals surface area contributed by atoms with Gasteiger partial charge in [0.1, 0.15) is 5.75 Å². The SMILES string of the molecule is CCOc1ccccc1CCNC(=O)C1CCCNC1. The van der Waals surface area contributed by atoms with Crippen LogP contribution in [-0.4, -0.2) is 32.1 Å². The van der Waals surface area contributed by atoms with Crippen LogP contribution in [0.25, 0.3) is 0 Å². The van der Waals surface area contributed by atoms with Crippen LogP contribution in [0.2, 0.25) is 0 Å². The molecule has 0 bridgehead atoms. The number of para-hydroxylation sites is 1. The van der Waals surface area contributed by atoms with Gasteiger partial charge in [-0.3, -0.25) is 4.79 Å². The third-order valence-corrected chi connectivity index (χ3v) is 3.63. The van der Waals surface area contributed by atoms with Gasteiger partial charge in [0.2, 0.25) is 5.91 Å². The zero-order chi connectivity index (χ0) is 14.2. The van der Waals surface area contributed by atoms with E-state index in [4.69, 9.17) is 4.74 Å². The highest BCUT2D eigenvalue weighted by atomic mass is 16.5. The average Bonchev–Trinajstić information content (AvgIpc) is 2.50. The van der Waals surface area contributed by atoms with E-state index >= 15 is 0 Å². The third-order valence-electron chi connectivity index (χ3n) is 3.63. The van der Waals surface area contributed by atoms with E-state index in [9.17, 15) is 4.79 Å². The number of piperidine rings is 1. The quantitative estimate of drug-likeness (QED) is 0.832. The van der Waals surface area contributed by atoms with Crippen LogP contribution in [0, 0.1) is 5.92 Å². The number of ether oxygens (including phenoxy) is 1. The molecule has 0 aromatic heterocycles. The zero-order valence-electron chi connectivity index (χ0n) is 12.2. The first-order chi connectivity index (χ1) is 9.81. The maximum absolute atomic E-state index is 12.0. The molecule has 4 heteroatoms. The monoisotopic (exact) mass is 276 g/mol. The van der Waals surface area contributed by atoms with Gasteiger partial charge >= 0.3 is 0 Å². The highest BCUT2D eigenvalue weighted by Gasteiger charge is 2.20. The molecule has 1 fully saturated rings. The van der Waals surface area contributed by atoms with Crippen molar-refractivity contribution in [1.82, 2.24) is 10.6 Å². The van der Waals surface area contributed by atoms with Crippen molar-refractivity contribution in [3.05, 3.63) is 29.8 Å². The first kappa shape index (κ1) is 14.9. The standard InChI is InChI=1S/C16H24N2O2/c1-2-20-15-8-4-3-6-13(15)9-11-18-16(19)14-7-5-10-17-12-14/h3-4,6,8,14,17H,2,5,7,9-12H2,1H3,(H,18,19). The van der Waals surface area contributed by atoms with E-state index in [2.05, 4.69) is 16.7 Å². The van der Waals surface area contributed by atoms with Gasteiger partial charge in [0.05, 0.1) is 12.5 Å². The summed E-state index contributed by atoms with van der Waals surface area (Å²) in [5.41, 5.74) is 1.15. The second kappa shape index (κ2) is 7.90. The molecular formula is C16H24N2O2. The fraction of sp³-hybridized carbons (Fsp3) is 0.562. The summed E-state index contributed by atoms with van der Waals surface area (Å²) in [6, 6.07) is 8.01. The van der Waals surface area contributed by atoms with Crippen LogP contribution in [0.15, 0.2) is 24.3 Å². The molecule has 2 N–H and O–H groups in total. The highest BCUT2D eigenvalue weighted by Crippen LogP contribution is 2.18. The molecule has 0 aliphatic carbocycles. The Bertz CT molecular complexity index is 428. The lowest BCUT2D eigenvalue weighted by Crippen LogP contribution is -2.41. The minimum absolute atomic E-state index is 0.130. The Balaban J connectivity index is 1.79. The summed E-state index contributed by atoms with van der Waals surface area (Å²) in [4.78, 5) is 12.0. The normalized spacial score (nSPS) is 18.6. The van der Waals surface area contributed by atoms with Crippen molar-refractivity contribution in [2.75, 3.05) is 26.2 Å². The smallest absolute Gasteiger partial charge is 0.224 e. The fourth-order valence-electron chi connectivity index (χ4n) is 2.55. The molecule has 4 nitrogen and oxygen atoms in total. The molecule has 1 heterocycles. The number of benzene rings is 1. The summed E-state index contributed by atoms with van der Waals surface area (Å²) in [6.45, 7) is 5.15. The summed E-state index contributed by atoms with van der Waals surface area (Å²) in [5.74, 6) is 1.22. The van der Waals surface area contributed by atoms with Gasteiger partial charge in [0.25, 0.3) is 0 Å². The molecule has 1 aliphatic rings. The van der Waals surface area contributed by atoms with Crippen molar-refractivity contribution in [2.45, 2.75) is 26.2 Å². The van der Waals surface area contributed by atoms with Gasteiger partial charge < -0.3 is 15.4 Å². The zero-order valence-corrected chi connectivity index (χ0v) is 12.2. The van der Waals surface area contributed by atoms with E-state index in [-0.39, 0.29) is 11.8 Å². The van der Waals surface area contributed by atoms with Gasteiger partial charge in [-0.1, -0.05) is 18.2 Å². The number of hydrogen-bond donors (Lipinski definition) is 2. The van der Waals surface area contributed by atoms with E-state index in [1.807, 2.05) is 25.1 Å². The summed E-state index contributed by atoms with van der Waals surface area (Å²) < 4.78 is 5.59. The van der Waals surface area contributed by atoms with Gasteiger partial charge in [-0.25, -0.2) is 0 Å². The lowest BCUT2D eigenvalue weighted by atomic mass is 9.99. The second-order valence-electron chi connectivity index (χ2n) is 5.13. The van der Waals surface area contributed by atoms with Crippen molar-refractivity contribution < 1.29 is 9.53 Å².